The molecule has 178 valence electrons. The van der Waals surface area contributed by atoms with Gasteiger partial charge in [0, 0.05) is 38.4 Å². The number of hydrogen-bond acceptors (Lipinski definition) is 5. The third-order valence-corrected chi connectivity index (χ3v) is 9.37. The lowest BCUT2D eigenvalue weighted by molar-refractivity contribution is 0.122. The quantitative estimate of drug-likeness (QED) is 0.581. The van der Waals surface area contributed by atoms with Crippen LogP contribution in [0.4, 0.5) is 15.8 Å². The van der Waals surface area contributed by atoms with E-state index < -0.39 is 10.0 Å². The molecule has 3 aliphatic rings. The van der Waals surface area contributed by atoms with Crippen molar-refractivity contribution in [2.24, 2.45) is 17.8 Å². The lowest BCUT2D eigenvalue weighted by Crippen LogP contribution is -2.36. The van der Waals surface area contributed by atoms with Gasteiger partial charge >= 0.3 is 0 Å². The van der Waals surface area contributed by atoms with E-state index >= 15 is 0 Å². The van der Waals surface area contributed by atoms with Gasteiger partial charge in [0.2, 0.25) is 10.0 Å². The number of nitrogens with zero attached hydrogens (tertiary/aromatic N) is 2. The Morgan fingerprint density at radius 1 is 0.941 bits per heavy atom. The average molecular weight is 482 g/mol. The Morgan fingerprint density at radius 2 is 1.68 bits per heavy atom. The summed E-state index contributed by atoms with van der Waals surface area (Å²) in [6.07, 6.45) is 0. The highest BCUT2D eigenvalue weighted by atomic mass is 32.2. The van der Waals surface area contributed by atoms with Crippen LogP contribution in [0.3, 0.4) is 0 Å². The van der Waals surface area contributed by atoms with Crippen LogP contribution in [-0.2, 0) is 14.8 Å². The van der Waals surface area contributed by atoms with Crippen molar-refractivity contribution >= 4 is 32.2 Å². The molecule has 1 N–H and O–H groups in total. The predicted octanol–water partition coefficient (Wildman–Crippen LogP) is 3.79. The summed E-state index contributed by atoms with van der Waals surface area (Å²) in [6.45, 7) is 4.49. The largest absolute Gasteiger partial charge is 0.385 e. The normalized spacial score (nSPS) is 24.9. The molecule has 6 nitrogen and oxygen atoms in total. The van der Waals surface area contributed by atoms with E-state index in [1.807, 2.05) is 47.4 Å². The molecule has 6 rings (SSSR count). The molecule has 2 unspecified atom stereocenters. The number of benzene rings is 3. The lowest BCUT2D eigenvalue weighted by Gasteiger charge is -2.29. The van der Waals surface area contributed by atoms with Crippen LogP contribution in [0.2, 0.25) is 0 Å². The van der Waals surface area contributed by atoms with E-state index in [1.54, 1.807) is 22.5 Å². The fourth-order valence-electron chi connectivity index (χ4n) is 5.50. The van der Waals surface area contributed by atoms with Crippen LogP contribution < -0.4 is 10.2 Å². The first-order valence-electron chi connectivity index (χ1n) is 11.9. The Labute approximate surface area is 199 Å². The van der Waals surface area contributed by atoms with Crippen molar-refractivity contribution in [1.82, 2.24) is 4.31 Å². The summed E-state index contributed by atoms with van der Waals surface area (Å²) in [4.78, 5) is 2.37. The van der Waals surface area contributed by atoms with Gasteiger partial charge in [0.25, 0.3) is 0 Å². The molecule has 2 heterocycles. The fourth-order valence-corrected chi connectivity index (χ4v) is 7.05. The van der Waals surface area contributed by atoms with Crippen LogP contribution in [0.1, 0.15) is 0 Å². The first kappa shape index (κ1) is 21.8. The highest BCUT2D eigenvalue weighted by molar-refractivity contribution is 7.89. The van der Waals surface area contributed by atoms with Gasteiger partial charge in [0.15, 0.2) is 0 Å². The van der Waals surface area contributed by atoms with Gasteiger partial charge in [-0.15, -0.1) is 0 Å². The van der Waals surface area contributed by atoms with Crippen molar-refractivity contribution in [3.8, 4) is 0 Å². The molecule has 8 heteroatoms. The number of rotatable bonds is 6. The zero-order valence-electron chi connectivity index (χ0n) is 18.9. The number of morpholine rings is 1. The molecule has 3 aromatic carbocycles. The van der Waals surface area contributed by atoms with Crippen molar-refractivity contribution in [2.75, 3.05) is 56.2 Å². The van der Waals surface area contributed by atoms with E-state index in [2.05, 4.69) is 5.32 Å². The molecule has 0 aromatic heterocycles. The molecule has 1 aliphatic carbocycles. The predicted molar refractivity (Wildman–Crippen MR) is 131 cm³/mol. The lowest BCUT2D eigenvalue weighted by atomic mass is 10.1. The summed E-state index contributed by atoms with van der Waals surface area (Å²) < 4.78 is 48.0. The van der Waals surface area contributed by atoms with Crippen LogP contribution >= 0.6 is 0 Å². The van der Waals surface area contributed by atoms with Crippen molar-refractivity contribution in [2.45, 2.75) is 4.90 Å². The second kappa shape index (κ2) is 8.52. The van der Waals surface area contributed by atoms with Gasteiger partial charge in [-0.25, -0.2) is 12.8 Å². The van der Waals surface area contributed by atoms with E-state index in [4.69, 9.17) is 4.74 Å². The molecule has 1 saturated carbocycles. The zero-order chi connectivity index (χ0) is 23.3. The van der Waals surface area contributed by atoms with E-state index in [9.17, 15) is 12.8 Å². The molecule has 0 radical (unpaired) electrons. The van der Waals surface area contributed by atoms with Gasteiger partial charge < -0.3 is 15.0 Å². The second-order valence-corrected chi connectivity index (χ2v) is 11.4. The van der Waals surface area contributed by atoms with Crippen molar-refractivity contribution < 1.29 is 17.5 Å². The van der Waals surface area contributed by atoms with E-state index in [0.29, 0.717) is 67.7 Å². The molecule has 2 aliphatic heterocycles. The van der Waals surface area contributed by atoms with Crippen LogP contribution in [0.25, 0.3) is 10.8 Å². The minimum Gasteiger partial charge on any atom is -0.385 e. The molecule has 2 saturated heterocycles. The smallest absolute Gasteiger partial charge is 0.243 e. The summed E-state index contributed by atoms with van der Waals surface area (Å²) in [5, 5.41) is 5.33. The summed E-state index contributed by atoms with van der Waals surface area (Å²) in [5.74, 6) is 0.918. The number of anilines is 2. The Balaban J connectivity index is 1.06. The molecule has 34 heavy (non-hydrogen) atoms. The van der Waals surface area contributed by atoms with E-state index in [0.717, 1.165) is 23.0 Å². The minimum atomic E-state index is -3.49. The van der Waals surface area contributed by atoms with Gasteiger partial charge in [-0.3, -0.25) is 0 Å². The second-order valence-electron chi connectivity index (χ2n) is 9.47. The highest BCUT2D eigenvalue weighted by Crippen LogP contribution is 2.52. The van der Waals surface area contributed by atoms with Crippen LogP contribution in [0.15, 0.2) is 65.6 Å². The van der Waals surface area contributed by atoms with Gasteiger partial charge in [-0.2, -0.15) is 4.31 Å². The topological polar surface area (TPSA) is 61.9 Å². The number of fused-ring (bicyclic) bond motifs is 2. The van der Waals surface area contributed by atoms with E-state index in [-0.39, 0.29) is 5.82 Å². The summed E-state index contributed by atoms with van der Waals surface area (Å²) in [5.41, 5.74) is 1.38. The molecule has 0 amide bonds. The molecule has 0 spiro atoms. The molecule has 3 fully saturated rings. The third kappa shape index (κ3) is 3.93. The molecule has 0 bridgehead atoms. The Bertz CT molecular complexity index is 1310. The summed E-state index contributed by atoms with van der Waals surface area (Å²) >= 11 is 0. The Morgan fingerprint density at radius 3 is 2.41 bits per heavy atom. The van der Waals surface area contributed by atoms with Crippen LogP contribution in [0, 0.1) is 23.6 Å². The molecule has 3 aromatic rings. The van der Waals surface area contributed by atoms with Crippen LogP contribution in [0.5, 0.6) is 0 Å². The van der Waals surface area contributed by atoms with Gasteiger partial charge in [0.1, 0.15) is 5.82 Å². The van der Waals surface area contributed by atoms with Gasteiger partial charge in [0.05, 0.1) is 23.8 Å². The van der Waals surface area contributed by atoms with Crippen LogP contribution in [-0.4, -0.2) is 58.7 Å². The maximum absolute atomic E-state index is 14.7. The summed E-state index contributed by atoms with van der Waals surface area (Å²) in [7, 11) is -3.49. The van der Waals surface area contributed by atoms with Crippen molar-refractivity contribution in [3.63, 3.8) is 0 Å². The number of ether oxygens (including phenoxy) is 1. The standard InChI is InChI=1S/C26H28FN3O3S/c27-25-14-20(6-8-26(25)29-9-11-33-12-10-29)28-15-22-23-16-30(17-24(22)23)34(31,32)21-7-5-18-3-1-2-4-19(18)13-21/h1-8,13-14,22-24,28H,9-12,15-17H2. The van der Waals surface area contributed by atoms with E-state index in [1.165, 1.54) is 0 Å². The van der Waals surface area contributed by atoms with Gasteiger partial charge in [-0.05, 0) is 58.9 Å². The Kier molecular flexibility index (Phi) is 5.47. The summed E-state index contributed by atoms with van der Waals surface area (Å²) in [6, 6.07) is 18.4. The molecular weight excluding hydrogens is 453 g/mol. The first-order valence-corrected chi connectivity index (χ1v) is 13.3. The SMILES string of the molecule is O=S(=O)(c1ccc2ccccc2c1)N1CC2C(CNc3ccc(N4CCOCC4)c(F)c3)C2C1. The number of halogens is 1. The minimum absolute atomic E-state index is 0.226. The van der Waals surface area contributed by atoms with Crippen molar-refractivity contribution in [3.05, 3.63) is 66.5 Å². The van der Waals surface area contributed by atoms with Crippen molar-refractivity contribution in [1.29, 1.82) is 0 Å². The monoisotopic (exact) mass is 481 g/mol. The maximum Gasteiger partial charge on any atom is 0.243 e. The maximum atomic E-state index is 14.7. The zero-order valence-corrected chi connectivity index (χ0v) is 19.7. The molecular formula is C26H28FN3O3S. The Hall–Kier alpha value is -2.68. The number of nitrogens with one attached hydrogen (secondary N) is 1. The molecule has 2 atom stereocenters. The van der Waals surface area contributed by atoms with Gasteiger partial charge in [-0.1, -0.05) is 30.3 Å². The fraction of sp³-hybridized carbons (Fsp3) is 0.385. The average Bonchev–Trinajstić information content (AvgIpc) is 3.30. The third-order valence-electron chi connectivity index (χ3n) is 7.54. The highest BCUT2D eigenvalue weighted by Gasteiger charge is 2.57. The number of hydrogen-bond donors (Lipinski definition) is 1. The first-order chi connectivity index (χ1) is 16.5. The number of sulfonamides is 1. The number of piperidine rings is 1.